The molecule has 1 unspecified atom stereocenters. The molecule has 0 aliphatic carbocycles. The Morgan fingerprint density at radius 1 is 1.13 bits per heavy atom. The van der Waals surface area contributed by atoms with E-state index in [0.29, 0.717) is 18.7 Å². The number of ether oxygens (including phenoxy) is 1. The predicted octanol–water partition coefficient (Wildman–Crippen LogP) is 3.33. The molecule has 1 aliphatic rings. The van der Waals surface area contributed by atoms with Crippen LogP contribution in [-0.4, -0.2) is 41.4 Å². The summed E-state index contributed by atoms with van der Waals surface area (Å²) in [7, 11) is -3.79. The molecule has 1 fully saturated rings. The first-order valence-electron chi connectivity index (χ1n) is 10.1. The van der Waals surface area contributed by atoms with Gasteiger partial charge in [0.15, 0.2) is 6.61 Å². The third kappa shape index (κ3) is 4.67. The summed E-state index contributed by atoms with van der Waals surface area (Å²) in [5, 5.41) is 3.85. The molecule has 1 saturated heterocycles. The van der Waals surface area contributed by atoms with Crippen molar-refractivity contribution in [1.29, 1.82) is 0 Å². The van der Waals surface area contributed by atoms with Crippen molar-refractivity contribution in [2.45, 2.75) is 43.7 Å². The van der Waals surface area contributed by atoms with E-state index in [1.807, 2.05) is 31.2 Å². The van der Waals surface area contributed by atoms with Crippen molar-refractivity contribution in [2.75, 3.05) is 6.54 Å². The van der Waals surface area contributed by atoms with E-state index in [2.05, 4.69) is 10.1 Å². The fourth-order valence-corrected chi connectivity index (χ4v) is 5.18. The molecule has 0 amide bonds. The molecule has 4 rings (SSSR count). The lowest BCUT2D eigenvalue weighted by Gasteiger charge is -2.32. The van der Waals surface area contributed by atoms with E-state index in [1.165, 1.54) is 16.4 Å². The topological polar surface area (TPSA) is 103 Å². The second kappa shape index (κ2) is 8.99. The number of aromatic nitrogens is 2. The molecule has 2 aromatic carbocycles. The number of hydrogen-bond acceptors (Lipinski definition) is 7. The Labute approximate surface area is 180 Å². The monoisotopic (exact) mass is 441 g/mol. The normalized spacial score (nSPS) is 17.4. The van der Waals surface area contributed by atoms with E-state index in [0.717, 1.165) is 17.5 Å². The van der Waals surface area contributed by atoms with E-state index in [9.17, 15) is 13.2 Å². The van der Waals surface area contributed by atoms with Gasteiger partial charge in [0.1, 0.15) is 6.04 Å². The van der Waals surface area contributed by atoms with E-state index in [4.69, 9.17) is 9.26 Å². The first kappa shape index (κ1) is 21.2. The molecule has 0 bridgehead atoms. The summed E-state index contributed by atoms with van der Waals surface area (Å²) in [6.07, 6.45) is 1.85. The average molecular weight is 442 g/mol. The number of nitrogens with zero attached hydrogens (tertiary/aromatic N) is 3. The minimum absolute atomic E-state index is 0.163. The zero-order valence-corrected chi connectivity index (χ0v) is 17.9. The lowest BCUT2D eigenvalue weighted by Crippen LogP contribution is -2.48. The summed E-state index contributed by atoms with van der Waals surface area (Å²) in [5.74, 6) is -0.0601. The third-order valence-electron chi connectivity index (χ3n) is 5.19. The molecule has 0 saturated carbocycles. The van der Waals surface area contributed by atoms with Crippen LogP contribution in [0.4, 0.5) is 0 Å². The Morgan fingerprint density at radius 2 is 1.87 bits per heavy atom. The smallest absolute Gasteiger partial charge is 0.324 e. The van der Waals surface area contributed by atoms with E-state index < -0.39 is 22.0 Å². The molecule has 1 aromatic heterocycles. The van der Waals surface area contributed by atoms with Crippen LogP contribution in [0.15, 0.2) is 64.0 Å². The summed E-state index contributed by atoms with van der Waals surface area (Å²) in [4.78, 5) is 17.2. The van der Waals surface area contributed by atoms with Crippen LogP contribution < -0.4 is 0 Å². The highest BCUT2D eigenvalue weighted by atomic mass is 32.2. The molecular weight excluding hydrogens is 418 g/mol. The van der Waals surface area contributed by atoms with Gasteiger partial charge < -0.3 is 9.26 Å². The van der Waals surface area contributed by atoms with Gasteiger partial charge in [-0.3, -0.25) is 4.79 Å². The van der Waals surface area contributed by atoms with E-state index >= 15 is 0 Å². The number of sulfonamides is 1. The van der Waals surface area contributed by atoms with Crippen LogP contribution >= 0.6 is 0 Å². The molecule has 1 atom stereocenters. The molecule has 8 nitrogen and oxygen atoms in total. The van der Waals surface area contributed by atoms with Crippen molar-refractivity contribution in [2.24, 2.45) is 0 Å². The quantitative estimate of drug-likeness (QED) is 0.541. The molecule has 31 heavy (non-hydrogen) atoms. The van der Waals surface area contributed by atoms with Crippen LogP contribution in [-0.2, 0) is 26.2 Å². The van der Waals surface area contributed by atoms with Gasteiger partial charge in [0.25, 0.3) is 5.89 Å². The van der Waals surface area contributed by atoms with Crippen LogP contribution in [0.3, 0.4) is 0 Å². The van der Waals surface area contributed by atoms with E-state index in [-0.39, 0.29) is 23.9 Å². The Balaban J connectivity index is 1.44. The summed E-state index contributed by atoms with van der Waals surface area (Å²) >= 11 is 0. The van der Waals surface area contributed by atoms with Gasteiger partial charge in [0.05, 0.1) is 4.90 Å². The highest BCUT2D eigenvalue weighted by molar-refractivity contribution is 7.89. The average Bonchev–Trinajstić information content (AvgIpc) is 3.27. The molecule has 1 aliphatic heterocycles. The van der Waals surface area contributed by atoms with Gasteiger partial charge >= 0.3 is 5.97 Å². The van der Waals surface area contributed by atoms with Crippen molar-refractivity contribution in [3.05, 3.63) is 66.0 Å². The molecule has 9 heteroatoms. The summed E-state index contributed by atoms with van der Waals surface area (Å²) in [5.41, 5.74) is 1.88. The third-order valence-corrected chi connectivity index (χ3v) is 7.11. The summed E-state index contributed by atoms with van der Waals surface area (Å²) in [6, 6.07) is 14.8. The fourth-order valence-electron chi connectivity index (χ4n) is 3.51. The van der Waals surface area contributed by atoms with Gasteiger partial charge in [-0.2, -0.15) is 9.29 Å². The van der Waals surface area contributed by atoms with Crippen molar-refractivity contribution in [1.82, 2.24) is 14.4 Å². The van der Waals surface area contributed by atoms with Gasteiger partial charge in [-0.05, 0) is 50.5 Å². The Kier molecular flexibility index (Phi) is 6.15. The molecule has 0 spiro atoms. The van der Waals surface area contributed by atoms with Crippen molar-refractivity contribution >= 4 is 16.0 Å². The van der Waals surface area contributed by atoms with Gasteiger partial charge in [-0.25, -0.2) is 8.42 Å². The van der Waals surface area contributed by atoms with Crippen LogP contribution in [0, 0.1) is 6.92 Å². The van der Waals surface area contributed by atoms with Gasteiger partial charge in [0, 0.05) is 12.1 Å². The van der Waals surface area contributed by atoms with Crippen LogP contribution in [0.2, 0.25) is 0 Å². The van der Waals surface area contributed by atoms with Crippen molar-refractivity contribution in [3.8, 4) is 11.5 Å². The first-order valence-corrected chi connectivity index (χ1v) is 11.5. The first-order chi connectivity index (χ1) is 14.9. The second-order valence-electron chi connectivity index (χ2n) is 7.43. The minimum atomic E-state index is -3.79. The summed E-state index contributed by atoms with van der Waals surface area (Å²) in [6.45, 7) is 2.07. The fraction of sp³-hybridized carbons (Fsp3) is 0.318. The molecule has 2 heterocycles. The Morgan fingerprint density at radius 3 is 2.61 bits per heavy atom. The zero-order valence-electron chi connectivity index (χ0n) is 17.1. The molecule has 0 N–H and O–H groups in total. The predicted molar refractivity (Wildman–Crippen MR) is 112 cm³/mol. The molecule has 3 aromatic rings. The summed E-state index contributed by atoms with van der Waals surface area (Å²) < 4.78 is 37.9. The number of esters is 1. The maximum absolute atomic E-state index is 13.0. The number of benzene rings is 2. The lowest BCUT2D eigenvalue weighted by molar-refractivity contribution is -0.150. The standard InChI is InChI=1S/C22H23N3O5S/c1-16-10-12-17(13-11-16)21-23-20(24-30-21)15-29-22(26)19-9-5-6-14-25(19)31(27,28)18-7-3-2-4-8-18/h2-4,7-8,10-13,19H,5-6,9,14-15H2,1H3. The van der Waals surface area contributed by atoms with Gasteiger partial charge in [-0.1, -0.05) is 41.1 Å². The molecule has 162 valence electrons. The van der Waals surface area contributed by atoms with Crippen LogP contribution in [0.25, 0.3) is 11.5 Å². The zero-order chi connectivity index (χ0) is 21.8. The largest absolute Gasteiger partial charge is 0.456 e. The van der Waals surface area contributed by atoms with Crippen LogP contribution in [0.1, 0.15) is 30.7 Å². The number of rotatable bonds is 6. The highest BCUT2D eigenvalue weighted by Gasteiger charge is 2.38. The van der Waals surface area contributed by atoms with Gasteiger partial charge in [-0.15, -0.1) is 0 Å². The van der Waals surface area contributed by atoms with Crippen molar-refractivity contribution in [3.63, 3.8) is 0 Å². The minimum Gasteiger partial charge on any atom is -0.456 e. The Hall–Kier alpha value is -3.04. The second-order valence-corrected chi connectivity index (χ2v) is 9.32. The van der Waals surface area contributed by atoms with E-state index in [1.54, 1.807) is 18.2 Å². The SMILES string of the molecule is Cc1ccc(-c2nc(COC(=O)C3CCCCN3S(=O)(=O)c3ccccc3)no2)cc1. The van der Waals surface area contributed by atoms with Gasteiger partial charge in [0.2, 0.25) is 15.8 Å². The van der Waals surface area contributed by atoms with Crippen molar-refractivity contribution < 1.29 is 22.5 Å². The maximum atomic E-state index is 13.0. The number of carbonyl (C=O) groups excluding carboxylic acids is 1. The molecular formula is C22H23N3O5S. The van der Waals surface area contributed by atoms with Crippen LogP contribution in [0.5, 0.6) is 0 Å². The number of aryl methyl sites for hydroxylation is 1. The molecule has 0 radical (unpaired) electrons. The number of piperidine rings is 1. The highest BCUT2D eigenvalue weighted by Crippen LogP contribution is 2.26. The number of hydrogen-bond donors (Lipinski definition) is 0. The number of carbonyl (C=O) groups is 1. The lowest BCUT2D eigenvalue weighted by atomic mass is 10.1. The maximum Gasteiger partial charge on any atom is 0.324 e. The Bertz CT molecular complexity index is 1140.